The molecular weight excluding hydrogens is 342 g/mol. The van der Waals surface area contributed by atoms with E-state index in [-0.39, 0.29) is 23.9 Å². The minimum absolute atomic E-state index is 0.0206. The number of ether oxygens (including phenoxy) is 1. The highest BCUT2D eigenvalue weighted by molar-refractivity contribution is 5.79. The van der Waals surface area contributed by atoms with Gasteiger partial charge in [0.25, 0.3) is 0 Å². The van der Waals surface area contributed by atoms with Crippen LogP contribution in [0.5, 0.6) is 0 Å². The van der Waals surface area contributed by atoms with Crippen LogP contribution in [-0.2, 0) is 9.53 Å². The molecule has 0 aliphatic heterocycles. The van der Waals surface area contributed by atoms with Crippen molar-refractivity contribution in [2.75, 3.05) is 13.2 Å². The summed E-state index contributed by atoms with van der Waals surface area (Å²) >= 11 is 0. The Balaban J connectivity index is 1.38. The third-order valence-electron chi connectivity index (χ3n) is 6.13. The lowest BCUT2D eigenvalue weighted by Crippen LogP contribution is -2.29. The molecule has 0 aromatic heterocycles. The van der Waals surface area contributed by atoms with Gasteiger partial charge in [0.1, 0.15) is 6.61 Å². The molecule has 4 rings (SSSR count). The van der Waals surface area contributed by atoms with Gasteiger partial charge in [0.05, 0.1) is 5.92 Å². The highest BCUT2D eigenvalue weighted by Gasteiger charge is 2.61. The minimum atomic E-state index is -0.806. The first-order chi connectivity index (χ1) is 12.9. The number of nitrogens with one attached hydrogen (secondary N) is 1. The van der Waals surface area contributed by atoms with Gasteiger partial charge in [0, 0.05) is 12.5 Å². The predicted molar refractivity (Wildman–Crippen MR) is 101 cm³/mol. The van der Waals surface area contributed by atoms with Crippen LogP contribution in [0.3, 0.4) is 0 Å². The molecule has 2 aromatic carbocycles. The second kappa shape index (κ2) is 6.41. The molecule has 140 valence electrons. The third-order valence-corrected chi connectivity index (χ3v) is 6.13. The summed E-state index contributed by atoms with van der Waals surface area (Å²) in [6, 6.07) is 16.4. The molecule has 0 saturated heterocycles. The van der Waals surface area contributed by atoms with Gasteiger partial charge in [-0.2, -0.15) is 0 Å². The average molecular weight is 365 g/mol. The number of hydrogen-bond acceptors (Lipinski definition) is 3. The molecule has 2 aliphatic rings. The van der Waals surface area contributed by atoms with Gasteiger partial charge in [-0.1, -0.05) is 62.4 Å². The molecule has 2 atom stereocenters. The first kappa shape index (κ1) is 17.6. The van der Waals surface area contributed by atoms with Gasteiger partial charge >= 0.3 is 12.1 Å². The fraction of sp³-hybridized carbons (Fsp3) is 0.364. The number of aliphatic carboxylic acids is 1. The number of hydrogen-bond donors (Lipinski definition) is 2. The summed E-state index contributed by atoms with van der Waals surface area (Å²) in [6.45, 7) is 4.41. The third kappa shape index (κ3) is 2.97. The molecule has 0 heterocycles. The van der Waals surface area contributed by atoms with Gasteiger partial charge in [0.15, 0.2) is 0 Å². The molecule has 1 amide bonds. The fourth-order valence-corrected chi connectivity index (χ4v) is 4.46. The number of benzene rings is 2. The van der Waals surface area contributed by atoms with Crippen LogP contribution in [0.25, 0.3) is 11.1 Å². The van der Waals surface area contributed by atoms with Gasteiger partial charge in [-0.05, 0) is 33.6 Å². The van der Waals surface area contributed by atoms with E-state index in [0.717, 1.165) is 0 Å². The van der Waals surface area contributed by atoms with Gasteiger partial charge in [-0.3, -0.25) is 4.79 Å². The van der Waals surface area contributed by atoms with Gasteiger partial charge in [-0.25, -0.2) is 4.79 Å². The first-order valence-corrected chi connectivity index (χ1v) is 9.23. The highest BCUT2D eigenvalue weighted by atomic mass is 16.5. The van der Waals surface area contributed by atoms with Crippen LogP contribution in [0.1, 0.15) is 30.9 Å². The smallest absolute Gasteiger partial charge is 0.407 e. The Hall–Kier alpha value is -2.82. The lowest BCUT2D eigenvalue weighted by atomic mass is 9.98. The zero-order valence-corrected chi connectivity index (χ0v) is 15.4. The van der Waals surface area contributed by atoms with Crippen molar-refractivity contribution in [2.45, 2.75) is 19.8 Å². The lowest BCUT2D eigenvalue weighted by Gasteiger charge is -2.14. The lowest BCUT2D eigenvalue weighted by molar-refractivity contribution is -0.139. The summed E-state index contributed by atoms with van der Waals surface area (Å²) in [7, 11) is 0. The molecule has 5 nitrogen and oxygen atoms in total. The Morgan fingerprint density at radius 3 is 2.11 bits per heavy atom. The maximum absolute atomic E-state index is 12.2. The van der Waals surface area contributed by atoms with E-state index in [1.807, 2.05) is 38.1 Å². The van der Waals surface area contributed by atoms with E-state index in [4.69, 9.17) is 4.74 Å². The van der Waals surface area contributed by atoms with Gasteiger partial charge in [-0.15, -0.1) is 0 Å². The summed E-state index contributed by atoms with van der Waals surface area (Å²) < 4.78 is 5.48. The Kier molecular flexibility index (Phi) is 4.17. The number of carbonyl (C=O) groups is 2. The quantitative estimate of drug-likeness (QED) is 0.843. The zero-order chi connectivity index (χ0) is 19.2. The molecule has 27 heavy (non-hydrogen) atoms. The zero-order valence-electron chi connectivity index (χ0n) is 15.4. The van der Waals surface area contributed by atoms with Crippen molar-refractivity contribution in [3.05, 3.63) is 59.7 Å². The van der Waals surface area contributed by atoms with Crippen LogP contribution < -0.4 is 5.32 Å². The fourth-order valence-electron chi connectivity index (χ4n) is 4.46. The normalized spacial score (nSPS) is 21.9. The highest BCUT2D eigenvalue weighted by Crippen LogP contribution is 2.57. The largest absolute Gasteiger partial charge is 0.481 e. The molecule has 5 heteroatoms. The molecule has 0 unspecified atom stereocenters. The Bertz CT molecular complexity index is 859. The molecule has 0 radical (unpaired) electrons. The van der Waals surface area contributed by atoms with Crippen LogP contribution in [-0.4, -0.2) is 30.3 Å². The summed E-state index contributed by atoms with van der Waals surface area (Å²) in [6.07, 6.45) is -0.497. The van der Waals surface area contributed by atoms with Crippen LogP contribution in [0, 0.1) is 17.3 Å². The van der Waals surface area contributed by atoms with Crippen molar-refractivity contribution in [2.24, 2.45) is 17.3 Å². The average Bonchev–Trinajstić information content (AvgIpc) is 3.06. The van der Waals surface area contributed by atoms with Crippen molar-refractivity contribution in [3.8, 4) is 11.1 Å². The first-order valence-electron chi connectivity index (χ1n) is 9.23. The second-order valence-electron chi connectivity index (χ2n) is 7.95. The Labute approximate surface area is 158 Å². The van der Waals surface area contributed by atoms with Crippen molar-refractivity contribution in [3.63, 3.8) is 0 Å². The van der Waals surface area contributed by atoms with Gasteiger partial charge in [0.2, 0.25) is 0 Å². The molecular formula is C22H23NO4. The van der Waals surface area contributed by atoms with E-state index in [1.165, 1.54) is 22.3 Å². The van der Waals surface area contributed by atoms with E-state index in [1.54, 1.807) is 0 Å². The predicted octanol–water partition coefficient (Wildman–Crippen LogP) is 3.88. The van der Waals surface area contributed by atoms with Crippen LogP contribution in [0.15, 0.2) is 48.5 Å². The maximum Gasteiger partial charge on any atom is 0.407 e. The molecule has 0 spiro atoms. The number of fused-ring (bicyclic) bond motifs is 3. The van der Waals surface area contributed by atoms with Crippen molar-refractivity contribution < 1.29 is 19.4 Å². The number of alkyl carbamates (subject to hydrolysis) is 1. The van der Waals surface area contributed by atoms with E-state index in [9.17, 15) is 14.7 Å². The number of amides is 1. The van der Waals surface area contributed by atoms with E-state index in [0.29, 0.717) is 6.54 Å². The van der Waals surface area contributed by atoms with Crippen molar-refractivity contribution in [1.82, 2.24) is 5.32 Å². The molecule has 2 aliphatic carbocycles. The molecule has 1 fully saturated rings. The van der Waals surface area contributed by atoms with Gasteiger partial charge < -0.3 is 15.2 Å². The SMILES string of the molecule is CC1(C)[C@H](C(=O)O)[C@@H]1CNC(=O)OCC1c2ccccc2-c2ccccc21. The Morgan fingerprint density at radius 2 is 1.59 bits per heavy atom. The standard InChI is InChI=1S/C22H23NO4/c1-22(2)18(19(22)20(24)25)11-23-21(26)27-12-17-15-9-5-3-7-13(15)14-8-4-6-10-16(14)17/h3-10,17-19H,11-12H2,1-2H3,(H,23,26)(H,24,25)/t18-,19-/m0/s1. The minimum Gasteiger partial charge on any atom is -0.481 e. The summed E-state index contributed by atoms with van der Waals surface area (Å²) in [4.78, 5) is 23.4. The van der Waals surface area contributed by atoms with E-state index in [2.05, 4.69) is 29.6 Å². The number of carboxylic acid groups (broad SMARTS) is 1. The topological polar surface area (TPSA) is 75.6 Å². The van der Waals surface area contributed by atoms with Crippen LogP contribution in [0.4, 0.5) is 4.79 Å². The number of rotatable bonds is 5. The summed E-state index contributed by atoms with van der Waals surface area (Å²) in [5.41, 5.74) is 4.42. The van der Waals surface area contributed by atoms with Crippen molar-refractivity contribution in [1.29, 1.82) is 0 Å². The van der Waals surface area contributed by atoms with Crippen LogP contribution >= 0.6 is 0 Å². The summed E-state index contributed by atoms with van der Waals surface area (Å²) in [5.74, 6) is -1.26. The molecule has 2 N–H and O–H groups in total. The maximum atomic E-state index is 12.2. The second-order valence-corrected chi connectivity index (χ2v) is 7.95. The van der Waals surface area contributed by atoms with E-state index < -0.39 is 18.0 Å². The number of carbonyl (C=O) groups excluding carboxylic acids is 1. The monoisotopic (exact) mass is 365 g/mol. The van der Waals surface area contributed by atoms with Crippen molar-refractivity contribution >= 4 is 12.1 Å². The summed E-state index contributed by atoms with van der Waals surface area (Å²) in [5, 5.41) is 11.9. The van der Waals surface area contributed by atoms with Crippen LogP contribution in [0.2, 0.25) is 0 Å². The molecule has 0 bridgehead atoms. The molecule has 2 aromatic rings. The number of carboxylic acids is 1. The molecule has 1 saturated carbocycles. The Morgan fingerprint density at radius 1 is 1.04 bits per heavy atom. The van der Waals surface area contributed by atoms with E-state index >= 15 is 0 Å².